The number of pyridine rings is 1. The lowest BCUT2D eigenvalue weighted by Crippen LogP contribution is -2.54. The fraction of sp³-hybridized carbons (Fsp3) is 0.579. The van der Waals surface area contributed by atoms with Gasteiger partial charge in [0, 0.05) is 24.8 Å². The third kappa shape index (κ3) is 3.97. The van der Waals surface area contributed by atoms with Crippen LogP contribution < -0.4 is 4.90 Å². The van der Waals surface area contributed by atoms with Crippen LogP contribution in [-0.4, -0.2) is 65.3 Å². The van der Waals surface area contributed by atoms with E-state index in [1.165, 1.54) is 30.9 Å². The average Bonchev–Trinajstić information content (AvgIpc) is 2.99. The van der Waals surface area contributed by atoms with Crippen molar-refractivity contribution in [1.82, 2.24) is 9.88 Å². The molecule has 1 amide bonds. The minimum Gasteiger partial charge on any atom is -0.465 e. The largest absolute Gasteiger partial charge is 0.465 e. The summed E-state index contributed by atoms with van der Waals surface area (Å²) in [5.41, 5.74) is -2.74. The Balaban J connectivity index is 1.89. The molecule has 0 aromatic carbocycles. The molecule has 2 aliphatic rings. The summed E-state index contributed by atoms with van der Waals surface area (Å²) in [4.78, 5) is 18.5. The molecule has 1 aromatic heterocycles. The number of ether oxygens (including phenoxy) is 2. The number of rotatable bonds is 2. The number of carbonyl (C=O) groups is 1. The maximum atomic E-state index is 13.9. The number of hydrogen-bond donors (Lipinski definition) is 1. The Morgan fingerprint density at radius 2 is 2.07 bits per heavy atom. The maximum Gasteiger partial charge on any atom is 0.424 e. The van der Waals surface area contributed by atoms with Crippen LogP contribution in [0.4, 0.5) is 23.8 Å². The quantitative estimate of drug-likeness (QED) is 0.752. The van der Waals surface area contributed by atoms with Crippen LogP contribution >= 0.6 is 0 Å². The van der Waals surface area contributed by atoms with Crippen molar-refractivity contribution in [3.63, 3.8) is 0 Å². The van der Waals surface area contributed by atoms with E-state index in [0.717, 1.165) is 6.20 Å². The van der Waals surface area contributed by atoms with E-state index in [4.69, 9.17) is 9.47 Å². The van der Waals surface area contributed by atoms with Crippen molar-refractivity contribution in [3.05, 3.63) is 23.9 Å². The second-order valence-corrected chi connectivity index (χ2v) is 7.35. The predicted molar refractivity (Wildman–Crippen MR) is 97.3 cm³/mol. The molecule has 0 aliphatic carbocycles. The summed E-state index contributed by atoms with van der Waals surface area (Å²) in [6.45, 7) is 4.58. The van der Waals surface area contributed by atoms with Gasteiger partial charge in [0.1, 0.15) is 11.9 Å². The third-order valence-corrected chi connectivity index (χ3v) is 4.97. The highest BCUT2D eigenvalue weighted by Crippen LogP contribution is 2.49. The van der Waals surface area contributed by atoms with Gasteiger partial charge in [-0.1, -0.05) is 12.0 Å². The van der Waals surface area contributed by atoms with Crippen LogP contribution in [0.1, 0.15) is 26.3 Å². The number of aromatic nitrogens is 1. The highest BCUT2D eigenvalue weighted by molar-refractivity contribution is 5.66. The summed E-state index contributed by atoms with van der Waals surface area (Å²) in [6, 6.07) is 2.35. The van der Waals surface area contributed by atoms with E-state index < -0.39 is 36.3 Å². The lowest BCUT2D eigenvalue weighted by Gasteiger charge is -2.39. The molecule has 0 bridgehead atoms. The Morgan fingerprint density at radius 3 is 2.55 bits per heavy atom. The van der Waals surface area contributed by atoms with Gasteiger partial charge in [0.2, 0.25) is 5.60 Å². The highest BCUT2D eigenvalue weighted by Gasteiger charge is 2.64. The van der Waals surface area contributed by atoms with E-state index >= 15 is 0 Å². The van der Waals surface area contributed by atoms with Crippen LogP contribution in [0, 0.1) is 11.8 Å². The van der Waals surface area contributed by atoms with Crippen LogP contribution in [0.15, 0.2) is 18.3 Å². The van der Waals surface area contributed by atoms with Gasteiger partial charge in [0.25, 0.3) is 0 Å². The first-order valence-corrected chi connectivity index (χ1v) is 9.03. The van der Waals surface area contributed by atoms with Gasteiger partial charge in [0.15, 0.2) is 5.79 Å². The SMILES string of the molecule is CC#C[C@H]1CN(C(=O)O)CCN1c1ccc(C2(C(F)(F)F)COC(C)(C)O2)cn1. The van der Waals surface area contributed by atoms with Gasteiger partial charge in [0.05, 0.1) is 13.2 Å². The number of nitrogens with zero attached hydrogens (tertiary/aromatic N) is 3. The molecule has 1 N–H and O–H groups in total. The molecule has 1 aromatic rings. The van der Waals surface area contributed by atoms with Gasteiger partial charge >= 0.3 is 12.3 Å². The summed E-state index contributed by atoms with van der Waals surface area (Å²) in [6.07, 6.45) is -4.59. The fourth-order valence-corrected chi connectivity index (χ4v) is 3.52. The van der Waals surface area contributed by atoms with E-state index in [2.05, 4.69) is 16.8 Å². The lowest BCUT2D eigenvalue weighted by atomic mass is 9.95. The second kappa shape index (κ2) is 7.39. The van der Waals surface area contributed by atoms with E-state index in [1.807, 2.05) is 0 Å². The number of carboxylic acid groups (broad SMARTS) is 1. The molecule has 158 valence electrons. The highest BCUT2D eigenvalue weighted by atomic mass is 19.4. The Bertz CT molecular complexity index is 832. The zero-order valence-corrected chi connectivity index (χ0v) is 16.3. The molecule has 0 spiro atoms. The molecule has 2 saturated heterocycles. The summed E-state index contributed by atoms with van der Waals surface area (Å²) < 4.78 is 52.1. The van der Waals surface area contributed by atoms with Crippen LogP contribution in [0.25, 0.3) is 0 Å². The molecule has 1 unspecified atom stereocenters. The van der Waals surface area contributed by atoms with Gasteiger partial charge in [-0.15, -0.1) is 5.92 Å². The van der Waals surface area contributed by atoms with Gasteiger partial charge in [-0.25, -0.2) is 9.78 Å². The standard InChI is InChI=1S/C19H22F3N3O4/c1-4-5-14-11-24(16(26)27)8-9-25(14)15-7-6-13(10-23-15)18(19(20,21)22)12-28-17(2,3)29-18/h6-7,10,14H,8-9,11-12H2,1-3H3,(H,26,27)/t14-,18?/m0/s1. The first-order valence-electron chi connectivity index (χ1n) is 9.03. The van der Waals surface area contributed by atoms with Crippen molar-refractivity contribution in [2.24, 2.45) is 0 Å². The Kier molecular flexibility index (Phi) is 5.40. The van der Waals surface area contributed by atoms with Crippen molar-refractivity contribution < 1.29 is 32.5 Å². The van der Waals surface area contributed by atoms with Crippen molar-refractivity contribution in [2.45, 2.75) is 44.4 Å². The van der Waals surface area contributed by atoms with Crippen LogP contribution in [0.3, 0.4) is 0 Å². The minimum absolute atomic E-state index is 0.151. The zero-order chi connectivity index (χ0) is 21.4. The molecule has 0 radical (unpaired) electrons. The summed E-state index contributed by atoms with van der Waals surface area (Å²) in [7, 11) is 0. The molecule has 3 heterocycles. The van der Waals surface area contributed by atoms with Gasteiger partial charge < -0.3 is 24.4 Å². The van der Waals surface area contributed by atoms with Crippen LogP contribution in [0.5, 0.6) is 0 Å². The molecule has 10 heteroatoms. The average molecular weight is 413 g/mol. The molecule has 3 rings (SSSR count). The van der Waals surface area contributed by atoms with Crippen molar-refractivity contribution in [2.75, 3.05) is 31.1 Å². The van der Waals surface area contributed by atoms with Crippen molar-refractivity contribution in [1.29, 1.82) is 0 Å². The van der Waals surface area contributed by atoms with Crippen LogP contribution in [0.2, 0.25) is 0 Å². The topological polar surface area (TPSA) is 75.1 Å². The van der Waals surface area contributed by atoms with Crippen LogP contribution in [-0.2, 0) is 15.1 Å². The van der Waals surface area contributed by atoms with E-state index in [-0.39, 0.29) is 18.7 Å². The number of amides is 1. The van der Waals surface area contributed by atoms with E-state index in [0.29, 0.717) is 12.4 Å². The number of hydrogen-bond acceptors (Lipinski definition) is 5. The normalized spacial score (nSPS) is 26.8. The number of piperazine rings is 1. The monoisotopic (exact) mass is 413 g/mol. The number of anilines is 1. The molecular weight excluding hydrogens is 391 g/mol. The number of halogens is 3. The number of alkyl halides is 3. The third-order valence-electron chi connectivity index (χ3n) is 4.97. The lowest BCUT2D eigenvalue weighted by molar-refractivity contribution is -0.289. The summed E-state index contributed by atoms with van der Waals surface area (Å²) in [5.74, 6) is 4.75. The second-order valence-electron chi connectivity index (χ2n) is 7.35. The first kappa shape index (κ1) is 21.2. The van der Waals surface area contributed by atoms with Gasteiger partial charge in [-0.05, 0) is 26.8 Å². The zero-order valence-electron chi connectivity index (χ0n) is 16.3. The molecule has 2 atom stereocenters. The minimum atomic E-state index is -4.69. The Labute approximate surface area is 166 Å². The van der Waals surface area contributed by atoms with Crippen molar-refractivity contribution >= 4 is 11.9 Å². The molecule has 2 fully saturated rings. The predicted octanol–water partition coefficient (Wildman–Crippen LogP) is 2.81. The van der Waals surface area contributed by atoms with E-state index in [1.54, 1.807) is 11.8 Å². The smallest absolute Gasteiger partial charge is 0.424 e. The fourth-order valence-electron chi connectivity index (χ4n) is 3.52. The molecule has 2 aliphatic heterocycles. The van der Waals surface area contributed by atoms with Crippen molar-refractivity contribution in [3.8, 4) is 11.8 Å². The Hall–Kier alpha value is -2.51. The molecular formula is C19H22F3N3O4. The summed E-state index contributed by atoms with van der Waals surface area (Å²) >= 11 is 0. The molecule has 0 saturated carbocycles. The molecule has 7 nitrogen and oxygen atoms in total. The Morgan fingerprint density at radius 1 is 1.34 bits per heavy atom. The molecule has 29 heavy (non-hydrogen) atoms. The maximum absolute atomic E-state index is 13.9. The van der Waals surface area contributed by atoms with Gasteiger partial charge in [-0.3, -0.25) is 0 Å². The summed E-state index contributed by atoms with van der Waals surface area (Å²) in [5, 5.41) is 9.20. The first-order chi connectivity index (χ1) is 13.5. The van der Waals surface area contributed by atoms with E-state index in [9.17, 15) is 23.1 Å². The van der Waals surface area contributed by atoms with Gasteiger partial charge in [-0.2, -0.15) is 13.2 Å².